The third kappa shape index (κ3) is 3.16. The molecule has 0 bridgehead atoms. The second-order valence-electron chi connectivity index (χ2n) is 9.62. The van der Waals surface area contributed by atoms with Crippen LogP contribution in [0.1, 0.15) is 43.0 Å². The SMILES string of the molecule is Cc1cc(C)c(-n2c(-c3coc4ccc(C(C)(C)C)cc34)nc3ccccc32)c(C)c1. The van der Waals surface area contributed by atoms with E-state index in [0.717, 1.165) is 33.4 Å². The molecule has 0 unspecified atom stereocenters. The topological polar surface area (TPSA) is 31.0 Å². The van der Waals surface area contributed by atoms with Gasteiger partial charge in [-0.2, -0.15) is 0 Å². The first-order valence-electron chi connectivity index (χ1n) is 10.8. The zero-order valence-corrected chi connectivity index (χ0v) is 19.1. The molecule has 0 aliphatic rings. The highest BCUT2D eigenvalue weighted by atomic mass is 16.3. The quantitative estimate of drug-likeness (QED) is 0.300. The van der Waals surface area contributed by atoms with Crippen molar-refractivity contribution in [2.45, 2.75) is 47.0 Å². The van der Waals surface area contributed by atoms with E-state index >= 15 is 0 Å². The van der Waals surface area contributed by atoms with Gasteiger partial charge in [-0.05, 0) is 67.1 Å². The Labute approximate surface area is 183 Å². The molecule has 0 saturated heterocycles. The minimum absolute atomic E-state index is 0.0625. The lowest BCUT2D eigenvalue weighted by molar-refractivity contribution is 0.589. The fourth-order valence-corrected chi connectivity index (χ4v) is 4.63. The molecule has 3 aromatic carbocycles. The largest absolute Gasteiger partial charge is 0.464 e. The van der Waals surface area contributed by atoms with Gasteiger partial charge in [-0.15, -0.1) is 0 Å². The Balaban J connectivity index is 1.87. The van der Waals surface area contributed by atoms with E-state index in [0.29, 0.717) is 0 Å². The molecular weight excluding hydrogens is 380 g/mol. The molecule has 0 spiro atoms. The molecule has 3 heteroatoms. The highest BCUT2D eigenvalue weighted by Gasteiger charge is 2.22. The van der Waals surface area contributed by atoms with Gasteiger partial charge in [-0.1, -0.05) is 56.7 Å². The van der Waals surface area contributed by atoms with Gasteiger partial charge in [0.1, 0.15) is 17.7 Å². The molecule has 156 valence electrons. The van der Waals surface area contributed by atoms with Crippen molar-refractivity contribution in [1.29, 1.82) is 0 Å². The van der Waals surface area contributed by atoms with Gasteiger partial charge in [0.2, 0.25) is 0 Å². The van der Waals surface area contributed by atoms with E-state index in [1.54, 1.807) is 0 Å². The summed E-state index contributed by atoms with van der Waals surface area (Å²) in [5, 5.41) is 1.10. The van der Waals surface area contributed by atoms with Crippen molar-refractivity contribution in [3.63, 3.8) is 0 Å². The van der Waals surface area contributed by atoms with Crippen LogP contribution in [0.25, 0.3) is 39.1 Å². The van der Waals surface area contributed by atoms with E-state index in [1.807, 2.05) is 12.3 Å². The molecular formula is C28H28N2O. The van der Waals surface area contributed by atoms with Crippen molar-refractivity contribution in [1.82, 2.24) is 9.55 Å². The molecule has 0 aliphatic carbocycles. The Bertz CT molecular complexity index is 1420. The summed E-state index contributed by atoms with van der Waals surface area (Å²) in [7, 11) is 0. The second-order valence-corrected chi connectivity index (χ2v) is 9.62. The van der Waals surface area contributed by atoms with Gasteiger partial charge >= 0.3 is 0 Å². The van der Waals surface area contributed by atoms with Crippen LogP contribution in [-0.4, -0.2) is 9.55 Å². The summed E-state index contributed by atoms with van der Waals surface area (Å²) in [5.74, 6) is 0.918. The molecule has 0 fully saturated rings. The predicted molar refractivity (Wildman–Crippen MR) is 129 cm³/mol. The normalized spacial score (nSPS) is 12.2. The molecule has 0 radical (unpaired) electrons. The van der Waals surface area contributed by atoms with Crippen molar-refractivity contribution in [2.24, 2.45) is 0 Å². The molecule has 0 amide bonds. The zero-order chi connectivity index (χ0) is 21.9. The number of aromatic nitrogens is 2. The number of hydrogen-bond donors (Lipinski definition) is 0. The maximum Gasteiger partial charge on any atom is 0.149 e. The van der Waals surface area contributed by atoms with E-state index < -0.39 is 0 Å². The maximum atomic E-state index is 5.98. The third-order valence-electron chi connectivity index (χ3n) is 6.10. The van der Waals surface area contributed by atoms with Crippen molar-refractivity contribution in [2.75, 3.05) is 0 Å². The lowest BCUT2D eigenvalue weighted by Crippen LogP contribution is -2.10. The van der Waals surface area contributed by atoms with Crippen LogP contribution in [0.3, 0.4) is 0 Å². The molecule has 2 heterocycles. The summed E-state index contributed by atoms with van der Waals surface area (Å²) in [6, 6.07) is 19.3. The number of benzene rings is 3. The molecule has 31 heavy (non-hydrogen) atoms. The summed E-state index contributed by atoms with van der Waals surface area (Å²) in [6.45, 7) is 13.2. The summed E-state index contributed by atoms with van der Waals surface area (Å²) in [5.41, 5.74) is 10.3. The third-order valence-corrected chi connectivity index (χ3v) is 6.10. The standard InChI is InChI=1S/C28H28N2O/c1-17-13-18(2)26(19(3)14-17)30-24-10-8-7-9-23(24)29-27(30)22-16-31-25-12-11-20(15-21(22)25)28(4,5)6/h7-16H,1-6H3. The fourth-order valence-electron chi connectivity index (χ4n) is 4.63. The summed E-state index contributed by atoms with van der Waals surface area (Å²) >= 11 is 0. The lowest BCUT2D eigenvalue weighted by Gasteiger charge is -2.19. The lowest BCUT2D eigenvalue weighted by atomic mass is 9.86. The number of imidazole rings is 1. The number of fused-ring (bicyclic) bond motifs is 2. The first-order chi connectivity index (χ1) is 14.7. The number of rotatable bonds is 2. The monoisotopic (exact) mass is 408 g/mol. The van der Waals surface area contributed by atoms with Gasteiger partial charge in [0, 0.05) is 5.39 Å². The van der Waals surface area contributed by atoms with E-state index in [2.05, 4.69) is 94.6 Å². The first kappa shape index (κ1) is 19.6. The van der Waals surface area contributed by atoms with E-state index in [4.69, 9.17) is 9.40 Å². The Morgan fingerprint density at radius 1 is 0.871 bits per heavy atom. The van der Waals surface area contributed by atoms with Crippen LogP contribution in [0, 0.1) is 20.8 Å². The van der Waals surface area contributed by atoms with Crippen molar-refractivity contribution >= 4 is 22.0 Å². The molecule has 2 aromatic heterocycles. The fraction of sp³-hybridized carbons (Fsp3) is 0.250. The van der Waals surface area contributed by atoms with Gasteiger partial charge in [0.25, 0.3) is 0 Å². The van der Waals surface area contributed by atoms with Crippen molar-refractivity contribution in [3.05, 3.63) is 83.1 Å². The van der Waals surface area contributed by atoms with Gasteiger partial charge in [0.05, 0.1) is 22.3 Å². The van der Waals surface area contributed by atoms with Crippen LogP contribution in [0.5, 0.6) is 0 Å². The Morgan fingerprint density at radius 2 is 1.58 bits per heavy atom. The van der Waals surface area contributed by atoms with Gasteiger partial charge in [-0.25, -0.2) is 4.98 Å². The molecule has 0 atom stereocenters. The van der Waals surface area contributed by atoms with Gasteiger partial charge in [-0.3, -0.25) is 4.57 Å². The van der Waals surface area contributed by atoms with Crippen LogP contribution in [0.2, 0.25) is 0 Å². The zero-order valence-electron chi connectivity index (χ0n) is 19.1. The number of nitrogens with zero attached hydrogens (tertiary/aromatic N) is 2. The number of para-hydroxylation sites is 2. The summed E-state index contributed by atoms with van der Waals surface area (Å²) < 4.78 is 8.28. The Kier molecular flexibility index (Phi) is 4.33. The van der Waals surface area contributed by atoms with E-state index in [1.165, 1.54) is 27.9 Å². The van der Waals surface area contributed by atoms with Crippen LogP contribution >= 0.6 is 0 Å². The molecule has 0 aliphatic heterocycles. The van der Waals surface area contributed by atoms with Gasteiger partial charge in [0.15, 0.2) is 0 Å². The number of aryl methyl sites for hydroxylation is 3. The maximum absolute atomic E-state index is 5.98. The minimum atomic E-state index is 0.0625. The molecule has 5 aromatic rings. The molecule has 5 rings (SSSR count). The number of furan rings is 1. The summed E-state index contributed by atoms with van der Waals surface area (Å²) in [4.78, 5) is 5.08. The van der Waals surface area contributed by atoms with Crippen LogP contribution < -0.4 is 0 Å². The molecule has 0 N–H and O–H groups in total. The average molecular weight is 409 g/mol. The second kappa shape index (κ2) is 6.84. The van der Waals surface area contributed by atoms with Gasteiger partial charge < -0.3 is 4.42 Å². The minimum Gasteiger partial charge on any atom is -0.464 e. The highest BCUT2D eigenvalue weighted by Crippen LogP contribution is 2.38. The predicted octanol–water partition coefficient (Wildman–Crippen LogP) is 7.66. The molecule has 0 saturated carbocycles. The van der Waals surface area contributed by atoms with E-state index in [-0.39, 0.29) is 5.41 Å². The Hall–Kier alpha value is -3.33. The number of hydrogen-bond acceptors (Lipinski definition) is 2. The van der Waals surface area contributed by atoms with E-state index in [9.17, 15) is 0 Å². The van der Waals surface area contributed by atoms with Crippen LogP contribution in [-0.2, 0) is 5.41 Å². The Morgan fingerprint density at radius 3 is 2.29 bits per heavy atom. The average Bonchev–Trinajstić information content (AvgIpc) is 3.27. The highest BCUT2D eigenvalue weighted by molar-refractivity contribution is 5.96. The van der Waals surface area contributed by atoms with Crippen molar-refractivity contribution in [3.8, 4) is 17.1 Å². The van der Waals surface area contributed by atoms with Crippen LogP contribution in [0.15, 0.2) is 65.3 Å². The summed E-state index contributed by atoms with van der Waals surface area (Å²) in [6.07, 6.45) is 1.85. The molecule has 3 nitrogen and oxygen atoms in total. The van der Waals surface area contributed by atoms with Crippen LogP contribution in [0.4, 0.5) is 0 Å². The van der Waals surface area contributed by atoms with Crippen molar-refractivity contribution < 1.29 is 4.42 Å². The first-order valence-corrected chi connectivity index (χ1v) is 10.8. The smallest absolute Gasteiger partial charge is 0.149 e.